The van der Waals surface area contributed by atoms with Crippen molar-refractivity contribution in [3.8, 4) is 11.5 Å². The van der Waals surface area contributed by atoms with Gasteiger partial charge in [0.25, 0.3) is 0 Å². The van der Waals surface area contributed by atoms with Crippen LogP contribution in [0.2, 0.25) is 0 Å². The molecule has 0 heterocycles. The quantitative estimate of drug-likeness (QED) is 0.206. The lowest BCUT2D eigenvalue weighted by Gasteiger charge is -2.22. The summed E-state index contributed by atoms with van der Waals surface area (Å²) >= 11 is 0. The minimum Gasteiger partial charge on any atom is -0.489 e. The molecule has 184 valence electrons. The van der Waals surface area contributed by atoms with Crippen LogP contribution in [-0.2, 0) is 18.0 Å². The Bertz CT molecular complexity index is 1140. The Morgan fingerprint density at radius 1 is 0.583 bits per heavy atom. The van der Waals surface area contributed by atoms with E-state index >= 15 is 0 Å². The van der Waals surface area contributed by atoms with Crippen molar-refractivity contribution in [1.82, 2.24) is 0 Å². The fraction of sp³-hybridized carbons (Fsp3) is 0.242. The second-order valence-electron chi connectivity index (χ2n) is 9.02. The van der Waals surface area contributed by atoms with Gasteiger partial charge >= 0.3 is 0 Å². The number of carbonyl (C=O) groups excluding carboxylic acids is 1. The maximum atomic E-state index is 13.8. The lowest BCUT2D eigenvalue weighted by molar-refractivity contribution is -0.122. The molecule has 0 aliphatic carbocycles. The second kappa shape index (κ2) is 12.7. The molecule has 0 spiro atoms. The van der Waals surface area contributed by atoms with E-state index in [0.29, 0.717) is 13.2 Å². The number of hydrogen-bond donors (Lipinski definition) is 0. The summed E-state index contributed by atoms with van der Waals surface area (Å²) in [7, 11) is 0. The molecule has 3 nitrogen and oxygen atoms in total. The first kappa shape index (κ1) is 25.2. The maximum absolute atomic E-state index is 13.8. The van der Waals surface area contributed by atoms with Gasteiger partial charge in [-0.3, -0.25) is 4.79 Å². The molecule has 0 aliphatic rings. The molecule has 2 unspecified atom stereocenters. The Balaban J connectivity index is 1.47. The average Bonchev–Trinajstić information content (AvgIpc) is 2.93. The summed E-state index contributed by atoms with van der Waals surface area (Å²) in [4.78, 5) is 13.8. The molecule has 0 aliphatic heterocycles. The molecule has 3 heteroatoms. The zero-order chi connectivity index (χ0) is 25.2. The van der Waals surface area contributed by atoms with Crippen LogP contribution >= 0.6 is 0 Å². The van der Waals surface area contributed by atoms with Gasteiger partial charge in [0.1, 0.15) is 30.5 Å². The normalized spacial score (nSPS) is 12.5. The van der Waals surface area contributed by atoms with Crippen molar-refractivity contribution in [2.75, 3.05) is 0 Å². The van der Waals surface area contributed by atoms with Crippen LogP contribution in [0.3, 0.4) is 0 Å². The van der Waals surface area contributed by atoms with E-state index in [9.17, 15) is 4.79 Å². The van der Waals surface area contributed by atoms with Gasteiger partial charge in [0.15, 0.2) is 0 Å². The second-order valence-corrected chi connectivity index (χ2v) is 9.02. The highest BCUT2D eigenvalue weighted by atomic mass is 16.5. The molecule has 0 aromatic heterocycles. The maximum Gasteiger partial charge on any atom is 0.147 e. The van der Waals surface area contributed by atoms with Gasteiger partial charge in [-0.2, -0.15) is 0 Å². The Hall–Kier alpha value is -3.85. The lowest BCUT2D eigenvalue weighted by Crippen LogP contribution is -2.20. The molecule has 0 bridgehead atoms. The fourth-order valence-electron chi connectivity index (χ4n) is 4.57. The molecule has 4 aromatic carbocycles. The molecule has 0 radical (unpaired) electrons. The molecule has 36 heavy (non-hydrogen) atoms. The largest absolute Gasteiger partial charge is 0.489 e. The predicted molar refractivity (Wildman–Crippen MR) is 146 cm³/mol. The van der Waals surface area contributed by atoms with E-state index in [1.807, 2.05) is 109 Å². The van der Waals surface area contributed by atoms with E-state index in [0.717, 1.165) is 46.6 Å². The van der Waals surface area contributed by atoms with Crippen molar-refractivity contribution in [3.63, 3.8) is 0 Å². The first-order chi connectivity index (χ1) is 17.7. The van der Waals surface area contributed by atoms with E-state index in [1.165, 1.54) is 0 Å². The summed E-state index contributed by atoms with van der Waals surface area (Å²) in [6.07, 6.45) is 1.48. The van der Waals surface area contributed by atoms with Crippen LogP contribution in [0.1, 0.15) is 60.8 Å². The van der Waals surface area contributed by atoms with Crippen molar-refractivity contribution in [1.29, 1.82) is 0 Å². The van der Waals surface area contributed by atoms with Crippen LogP contribution in [0.15, 0.2) is 109 Å². The third-order valence-electron chi connectivity index (χ3n) is 6.52. The summed E-state index contributed by atoms with van der Waals surface area (Å²) in [5.74, 6) is 1.42. The van der Waals surface area contributed by atoms with Crippen molar-refractivity contribution in [3.05, 3.63) is 131 Å². The third-order valence-corrected chi connectivity index (χ3v) is 6.52. The van der Waals surface area contributed by atoms with Crippen LogP contribution in [0.5, 0.6) is 11.5 Å². The Morgan fingerprint density at radius 3 is 1.39 bits per heavy atom. The molecule has 4 aromatic rings. The van der Waals surface area contributed by atoms with Gasteiger partial charge in [-0.05, 0) is 59.4 Å². The zero-order valence-corrected chi connectivity index (χ0v) is 21.1. The van der Waals surface area contributed by atoms with Gasteiger partial charge in [-0.1, -0.05) is 98.8 Å². The number of ether oxygens (including phenoxy) is 2. The number of carbonyl (C=O) groups is 1. The highest BCUT2D eigenvalue weighted by Crippen LogP contribution is 2.33. The van der Waals surface area contributed by atoms with Crippen LogP contribution in [0, 0.1) is 0 Å². The SMILES string of the molecule is CCC(C(=O)C(CC)c1cccc(OCc2ccccc2)c1)c1cccc(OCc2ccccc2)c1. The van der Waals surface area contributed by atoms with Crippen molar-refractivity contribution < 1.29 is 14.3 Å². The number of Topliss-reactive ketones (excluding diaryl/α,β-unsaturated/α-hetero) is 1. The third kappa shape index (κ3) is 6.63. The molecule has 2 atom stereocenters. The van der Waals surface area contributed by atoms with Gasteiger partial charge < -0.3 is 9.47 Å². The lowest BCUT2D eigenvalue weighted by atomic mass is 9.81. The predicted octanol–water partition coefficient (Wildman–Crippen LogP) is 8.10. The minimum absolute atomic E-state index is 0.191. The molecule has 0 N–H and O–H groups in total. The summed E-state index contributed by atoms with van der Waals surface area (Å²) in [5.41, 5.74) is 4.24. The summed E-state index contributed by atoms with van der Waals surface area (Å²) < 4.78 is 12.1. The van der Waals surface area contributed by atoms with Crippen LogP contribution in [0.4, 0.5) is 0 Å². The van der Waals surface area contributed by atoms with E-state index in [-0.39, 0.29) is 17.6 Å². The summed E-state index contributed by atoms with van der Waals surface area (Å²) in [6.45, 7) is 5.16. The van der Waals surface area contributed by atoms with E-state index < -0.39 is 0 Å². The topological polar surface area (TPSA) is 35.5 Å². The monoisotopic (exact) mass is 478 g/mol. The van der Waals surface area contributed by atoms with Gasteiger partial charge in [-0.25, -0.2) is 0 Å². The first-order valence-electron chi connectivity index (χ1n) is 12.7. The standard InChI is InChI=1S/C33H34O3/c1-3-31(27-17-11-19-29(21-27)35-23-25-13-7-5-8-14-25)33(34)32(4-2)28-18-12-20-30(22-28)36-24-26-15-9-6-10-16-26/h5-22,31-32H,3-4,23-24H2,1-2H3. The zero-order valence-electron chi connectivity index (χ0n) is 21.1. The van der Waals surface area contributed by atoms with Crippen LogP contribution in [0.25, 0.3) is 0 Å². The van der Waals surface area contributed by atoms with Crippen molar-refractivity contribution in [2.45, 2.75) is 51.7 Å². The number of ketones is 1. The number of rotatable bonds is 12. The Morgan fingerprint density at radius 2 is 1.00 bits per heavy atom. The van der Waals surface area contributed by atoms with E-state index in [2.05, 4.69) is 13.8 Å². The average molecular weight is 479 g/mol. The first-order valence-corrected chi connectivity index (χ1v) is 12.7. The van der Waals surface area contributed by atoms with Gasteiger partial charge in [0, 0.05) is 11.8 Å². The van der Waals surface area contributed by atoms with Crippen LogP contribution < -0.4 is 9.47 Å². The van der Waals surface area contributed by atoms with Crippen molar-refractivity contribution >= 4 is 5.78 Å². The number of hydrogen-bond acceptors (Lipinski definition) is 3. The fourth-order valence-corrected chi connectivity index (χ4v) is 4.57. The minimum atomic E-state index is -0.191. The summed E-state index contributed by atoms with van der Waals surface area (Å²) in [6, 6.07) is 36.2. The molecular formula is C33H34O3. The van der Waals surface area contributed by atoms with Gasteiger partial charge in [0.2, 0.25) is 0 Å². The molecule has 0 amide bonds. The smallest absolute Gasteiger partial charge is 0.147 e. The van der Waals surface area contributed by atoms with Gasteiger partial charge in [-0.15, -0.1) is 0 Å². The van der Waals surface area contributed by atoms with E-state index in [4.69, 9.17) is 9.47 Å². The van der Waals surface area contributed by atoms with E-state index in [1.54, 1.807) is 0 Å². The van der Waals surface area contributed by atoms with Crippen molar-refractivity contribution in [2.24, 2.45) is 0 Å². The van der Waals surface area contributed by atoms with Crippen LogP contribution in [-0.4, -0.2) is 5.78 Å². The molecule has 0 saturated carbocycles. The summed E-state index contributed by atoms with van der Waals surface area (Å²) in [5, 5.41) is 0. The Labute approximate surface area is 214 Å². The number of benzene rings is 4. The molecular weight excluding hydrogens is 444 g/mol. The molecule has 0 fully saturated rings. The Kier molecular flexibility index (Phi) is 8.93. The highest BCUT2D eigenvalue weighted by Gasteiger charge is 2.27. The highest BCUT2D eigenvalue weighted by molar-refractivity contribution is 5.91. The molecule has 0 saturated heterocycles. The van der Waals surface area contributed by atoms with Gasteiger partial charge in [0.05, 0.1) is 0 Å². The molecule has 4 rings (SSSR count).